The molecule has 0 bridgehead atoms. The zero-order chi connectivity index (χ0) is 17.0. The summed E-state index contributed by atoms with van der Waals surface area (Å²) in [5.41, 5.74) is 2.22. The summed E-state index contributed by atoms with van der Waals surface area (Å²) in [6, 6.07) is 2.53. The van der Waals surface area contributed by atoms with Crippen molar-refractivity contribution in [3.63, 3.8) is 0 Å². The second-order valence-electron chi connectivity index (χ2n) is 6.84. The summed E-state index contributed by atoms with van der Waals surface area (Å²) >= 11 is 1.92. The number of aryl methyl sites for hydroxylation is 2. The lowest BCUT2D eigenvalue weighted by Gasteiger charge is -2.26. The summed E-state index contributed by atoms with van der Waals surface area (Å²) in [5, 5.41) is 8.27. The first kappa shape index (κ1) is 18.2. The summed E-state index contributed by atoms with van der Waals surface area (Å²) in [5.74, 6) is 0.355. The fourth-order valence-electron chi connectivity index (χ4n) is 3.25. The number of hydrogen-bond donors (Lipinski definition) is 1. The van der Waals surface area contributed by atoms with Crippen LogP contribution in [0.15, 0.2) is 6.07 Å². The van der Waals surface area contributed by atoms with Crippen LogP contribution in [-0.2, 0) is 6.54 Å². The molecule has 0 spiro atoms. The van der Waals surface area contributed by atoms with Crippen molar-refractivity contribution in [2.24, 2.45) is 5.92 Å². The predicted octanol–water partition coefficient (Wildman–Crippen LogP) is 3.06. The topological polar surface area (TPSA) is 50.2 Å². The largest absolute Gasteiger partial charge is 0.338 e. The maximum Gasteiger partial charge on any atom is 0.317 e. The van der Waals surface area contributed by atoms with Crippen LogP contribution in [-0.4, -0.2) is 51.9 Å². The molecular weight excluding hydrogens is 308 g/mol. The van der Waals surface area contributed by atoms with E-state index in [-0.39, 0.29) is 6.03 Å². The highest BCUT2D eigenvalue weighted by molar-refractivity contribution is 7.99. The number of thioether (sulfide) groups is 1. The third-order valence-corrected chi connectivity index (χ3v) is 5.84. The van der Waals surface area contributed by atoms with Gasteiger partial charge in [-0.2, -0.15) is 16.9 Å². The summed E-state index contributed by atoms with van der Waals surface area (Å²) in [6.07, 6.45) is 5.62. The van der Waals surface area contributed by atoms with E-state index in [0.717, 1.165) is 25.1 Å². The number of aromatic nitrogens is 2. The lowest BCUT2D eigenvalue weighted by atomic mass is 10.2. The number of carbonyl (C=O) groups excluding carboxylic acids is 1. The molecule has 1 N–H and O–H groups in total. The molecule has 1 aromatic rings. The van der Waals surface area contributed by atoms with Gasteiger partial charge in [0.15, 0.2) is 0 Å². The molecule has 0 radical (unpaired) electrons. The SMILES string of the molecule is CSC1CCC(N(C)C(=O)NCC(C)Cn2nc(C)cc2C)C1. The number of hydrogen-bond acceptors (Lipinski definition) is 3. The second kappa shape index (κ2) is 8.08. The molecule has 1 heterocycles. The van der Waals surface area contributed by atoms with Crippen LogP contribution >= 0.6 is 11.8 Å². The Morgan fingerprint density at radius 1 is 1.52 bits per heavy atom. The molecule has 130 valence electrons. The van der Waals surface area contributed by atoms with E-state index in [1.54, 1.807) is 0 Å². The Labute approximate surface area is 144 Å². The molecule has 3 atom stereocenters. The number of carbonyl (C=O) groups is 1. The predicted molar refractivity (Wildman–Crippen MR) is 97.0 cm³/mol. The van der Waals surface area contributed by atoms with Gasteiger partial charge in [-0.05, 0) is 51.3 Å². The number of nitrogens with zero attached hydrogens (tertiary/aromatic N) is 3. The van der Waals surface area contributed by atoms with Crippen molar-refractivity contribution in [1.82, 2.24) is 20.0 Å². The first-order chi connectivity index (χ1) is 10.9. The van der Waals surface area contributed by atoms with Crippen molar-refractivity contribution in [2.45, 2.75) is 57.9 Å². The molecule has 2 amide bonds. The van der Waals surface area contributed by atoms with Gasteiger partial charge in [-0.1, -0.05) is 6.92 Å². The summed E-state index contributed by atoms with van der Waals surface area (Å²) < 4.78 is 2.02. The Morgan fingerprint density at radius 3 is 2.83 bits per heavy atom. The highest BCUT2D eigenvalue weighted by Crippen LogP contribution is 2.30. The molecule has 1 aliphatic carbocycles. The zero-order valence-electron chi connectivity index (χ0n) is 15.0. The van der Waals surface area contributed by atoms with Crippen LogP contribution in [0.1, 0.15) is 37.6 Å². The maximum absolute atomic E-state index is 12.3. The molecule has 2 rings (SSSR count). The quantitative estimate of drug-likeness (QED) is 0.867. The normalized spacial score (nSPS) is 22.1. The lowest BCUT2D eigenvalue weighted by molar-refractivity contribution is 0.189. The minimum absolute atomic E-state index is 0.0528. The van der Waals surface area contributed by atoms with Gasteiger partial charge >= 0.3 is 6.03 Å². The number of nitrogens with one attached hydrogen (secondary N) is 1. The van der Waals surface area contributed by atoms with E-state index in [2.05, 4.69) is 36.6 Å². The van der Waals surface area contributed by atoms with Crippen LogP contribution in [0.5, 0.6) is 0 Å². The van der Waals surface area contributed by atoms with E-state index < -0.39 is 0 Å². The fourth-order valence-corrected chi connectivity index (χ4v) is 4.04. The van der Waals surface area contributed by atoms with Crippen molar-refractivity contribution in [3.05, 3.63) is 17.5 Å². The first-order valence-electron chi connectivity index (χ1n) is 8.45. The molecule has 0 aromatic carbocycles. The van der Waals surface area contributed by atoms with Crippen molar-refractivity contribution in [1.29, 1.82) is 0 Å². The molecule has 3 unspecified atom stereocenters. The lowest BCUT2D eigenvalue weighted by Crippen LogP contribution is -2.44. The molecule has 0 aliphatic heterocycles. The van der Waals surface area contributed by atoms with Gasteiger partial charge in [0.05, 0.1) is 5.69 Å². The Bertz CT molecular complexity index is 531. The van der Waals surface area contributed by atoms with Gasteiger partial charge in [0, 0.05) is 37.1 Å². The zero-order valence-corrected chi connectivity index (χ0v) is 15.8. The van der Waals surface area contributed by atoms with Crippen molar-refractivity contribution in [2.75, 3.05) is 19.8 Å². The molecule has 1 aromatic heterocycles. The summed E-state index contributed by atoms with van der Waals surface area (Å²) in [4.78, 5) is 14.2. The van der Waals surface area contributed by atoms with Gasteiger partial charge < -0.3 is 10.2 Å². The molecule has 1 aliphatic rings. The van der Waals surface area contributed by atoms with Gasteiger partial charge in [-0.15, -0.1) is 0 Å². The minimum Gasteiger partial charge on any atom is -0.338 e. The highest BCUT2D eigenvalue weighted by Gasteiger charge is 2.29. The standard InChI is InChI=1S/C17H30N4OS/c1-12(11-21-14(3)8-13(2)19-21)10-18-17(22)20(4)15-6-7-16(9-15)23-5/h8,12,15-16H,6-7,9-11H2,1-5H3,(H,18,22). The van der Waals surface area contributed by atoms with Crippen molar-refractivity contribution < 1.29 is 4.79 Å². The minimum atomic E-state index is 0.0528. The Morgan fingerprint density at radius 2 is 2.26 bits per heavy atom. The van der Waals surface area contributed by atoms with Crippen molar-refractivity contribution in [3.8, 4) is 0 Å². The van der Waals surface area contributed by atoms with E-state index in [1.807, 2.05) is 35.3 Å². The fraction of sp³-hybridized carbons (Fsp3) is 0.765. The van der Waals surface area contributed by atoms with Crippen LogP contribution < -0.4 is 5.32 Å². The third-order valence-electron chi connectivity index (χ3n) is 4.75. The number of amides is 2. The molecule has 6 heteroatoms. The highest BCUT2D eigenvalue weighted by atomic mass is 32.2. The van der Waals surface area contributed by atoms with Gasteiger partial charge in [0.2, 0.25) is 0 Å². The average Bonchev–Trinajstić information content (AvgIpc) is 3.11. The summed E-state index contributed by atoms with van der Waals surface area (Å²) in [6.45, 7) is 7.74. The number of rotatable bonds is 6. The van der Waals surface area contributed by atoms with Crippen LogP contribution in [0.4, 0.5) is 4.79 Å². The van der Waals surface area contributed by atoms with Crippen LogP contribution in [0, 0.1) is 19.8 Å². The van der Waals surface area contributed by atoms with E-state index >= 15 is 0 Å². The van der Waals surface area contributed by atoms with E-state index in [4.69, 9.17) is 0 Å². The molecule has 23 heavy (non-hydrogen) atoms. The molecule has 1 saturated carbocycles. The van der Waals surface area contributed by atoms with E-state index in [9.17, 15) is 4.79 Å². The van der Waals surface area contributed by atoms with Crippen LogP contribution in [0.25, 0.3) is 0 Å². The average molecular weight is 339 g/mol. The smallest absolute Gasteiger partial charge is 0.317 e. The van der Waals surface area contributed by atoms with Crippen molar-refractivity contribution >= 4 is 17.8 Å². The Kier molecular flexibility index (Phi) is 6.39. The summed E-state index contributed by atoms with van der Waals surface area (Å²) in [7, 11) is 1.92. The first-order valence-corrected chi connectivity index (χ1v) is 9.74. The van der Waals surface area contributed by atoms with Gasteiger partial charge in [-0.25, -0.2) is 4.79 Å². The maximum atomic E-state index is 12.3. The monoisotopic (exact) mass is 338 g/mol. The Hall–Kier alpha value is -1.17. The molecule has 1 fully saturated rings. The van der Waals surface area contributed by atoms with Crippen LogP contribution in [0.3, 0.4) is 0 Å². The second-order valence-corrected chi connectivity index (χ2v) is 7.97. The third kappa shape index (κ3) is 4.90. The van der Waals surface area contributed by atoms with Gasteiger partial charge in [0.1, 0.15) is 0 Å². The van der Waals surface area contributed by atoms with E-state index in [0.29, 0.717) is 23.8 Å². The Balaban J connectivity index is 1.76. The molecular formula is C17H30N4OS. The van der Waals surface area contributed by atoms with Gasteiger partial charge in [-0.3, -0.25) is 4.68 Å². The molecule has 0 saturated heterocycles. The number of urea groups is 1. The van der Waals surface area contributed by atoms with E-state index in [1.165, 1.54) is 12.1 Å². The van der Waals surface area contributed by atoms with Crippen LogP contribution in [0.2, 0.25) is 0 Å². The van der Waals surface area contributed by atoms with Gasteiger partial charge in [0.25, 0.3) is 0 Å². The molecule has 5 nitrogen and oxygen atoms in total.